The highest BCUT2D eigenvalue weighted by atomic mass is 35.5. The Morgan fingerprint density at radius 2 is 1.96 bits per heavy atom. The molecule has 2 unspecified atom stereocenters. The maximum atomic E-state index is 12.7. The fraction of sp³-hybridized carbons (Fsp3) is 0.211. The predicted octanol–water partition coefficient (Wildman–Crippen LogP) is 5.61. The van der Waals surface area contributed by atoms with Gasteiger partial charge in [-0.3, -0.25) is 9.20 Å². The highest BCUT2D eigenvalue weighted by molar-refractivity contribution is 8.00. The molecule has 0 radical (unpaired) electrons. The Morgan fingerprint density at radius 3 is 2.75 bits per heavy atom. The van der Waals surface area contributed by atoms with Crippen molar-refractivity contribution in [3.8, 4) is 0 Å². The van der Waals surface area contributed by atoms with Crippen LogP contribution in [0.25, 0.3) is 15.2 Å². The minimum atomic E-state index is -0.348. The number of benzene rings is 2. The zero-order chi connectivity index (χ0) is 19.8. The molecule has 144 valence electrons. The lowest BCUT2D eigenvalue weighted by Crippen LogP contribution is -2.33. The number of fused-ring (bicyclic) bond motifs is 3. The monoisotopic (exact) mass is 450 g/mol. The Labute approximate surface area is 180 Å². The Hall–Kier alpha value is -1.80. The van der Waals surface area contributed by atoms with Crippen LogP contribution in [-0.2, 0) is 4.79 Å². The maximum absolute atomic E-state index is 12.7. The van der Waals surface area contributed by atoms with Crippen molar-refractivity contribution in [2.45, 2.75) is 30.3 Å². The van der Waals surface area contributed by atoms with Gasteiger partial charge < -0.3 is 5.32 Å². The first-order valence-corrected chi connectivity index (χ1v) is 11.0. The number of carbonyl (C=O) groups excluding carboxylic acids is 1. The number of halogens is 2. The highest BCUT2D eigenvalue weighted by Crippen LogP contribution is 2.31. The van der Waals surface area contributed by atoms with Gasteiger partial charge in [0.2, 0.25) is 10.9 Å². The van der Waals surface area contributed by atoms with Crippen molar-refractivity contribution in [1.29, 1.82) is 0 Å². The highest BCUT2D eigenvalue weighted by Gasteiger charge is 2.22. The summed E-state index contributed by atoms with van der Waals surface area (Å²) in [5.41, 5.74) is 1.87. The standard InChI is InChI=1S/C19H16Cl2N4OS2/c1-10(13-8-7-12(20)9-14(13)21)22-17(26)11(2)27-18-23-24-19-25(18)15-5-3-4-6-16(15)28-19/h3-11H,1-2H3,(H,22,26). The molecule has 0 aliphatic heterocycles. The second-order valence-corrected chi connectivity index (χ2v) is 9.49. The summed E-state index contributed by atoms with van der Waals surface area (Å²) in [5, 5.41) is 13.0. The van der Waals surface area contributed by atoms with Gasteiger partial charge in [0.25, 0.3) is 0 Å². The average molecular weight is 451 g/mol. The molecule has 0 saturated heterocycles. The van der Waals surface area contributed by atoms with E-state index in [0.717, 1.165) is 20.7 Å². The van der Waals surface area contributed by atoms with E-state index < -0.39 is 0 Å². The molecule has 0 saturated carbocycles. The van der Waals surface area contributed by atoms with Crippen molar-refractivity contribution >= 4 is 67.4 Å². The molecule has 28 heavy (non-hydrogen) atoms. The molecule has 1 N–H and O–H groups in total. The average Bonchev–Trinajstić information content (AvgIpc) is 3.21. The minimum absolute atomic E-state index is 0.0974. The fourth-order valence-corrected chi connectivity index (χ4v) is 5.37. The minimum Gasteiger partial charge on any atom is -0.349 e. The molecule has 4 aromatic rings. The Bertz CT molecular complexity index is 1170. The van der Waals surface area contributed by atoms with Gasteiger partial charge in [0, 0.05) is 10.0 Å². The third-order valence-electron chi connectivity index (χ3n) is 4.35. The molecule has 4 rings (SSSR count). The smallest absolute Gasteiger partial charge is 0.233 e. The third kappa shape index (κ3) is 3.72. The van der Waals surface area contributed by atoms with Crippen LogP contribution >= 0.6 is 46.3 Å². The predicted molar refractivity (Wildman–Crippen MR) is 117 cm³/mol. The number of aromatic nitrogens is 3. The van der Waals surface area contributed by atoms with Crippen LogP contribution in [0.15, 0.2) is 47.6 Å². The largest absolute Gasteiger partial charge is 0.349 e. The van der Waals surface area contributed by atoms with E-state index in [1.807, 2.05) is 42.5 Å². The Morgan fingerprint density at radius 1 is 1.18 bits per heavy atom. The van der Waals surface area contributed by atoms with Gasteiger partial charge in [0.1, 0.15) is 0 Å². The summed E-state index contributed by atoms with van der Waals surface area (Å²) < 4.78 is 3.13. The topological polar surface area (TPSA) is 59.3 Å². The molecule has 2 heterocycles. The van der Waals surface area contributed by atoms with Crippen LogP contribution in [0.2, 0.25) is 10.0 Å². The summed E-state index contributed by atoms with van der Waals surface area (Å²) in [4.78, 5) is 13.5. The van der Waals surface area contributed by atoms with E-state index in [-0.39, 0.29) is 17.2 Å². The molecule has 2 atom stereocenters. The van der Waals surface area contributed by atoms with E-state index in [0.29, 0.717) is 15.2 Å². The van der Waals surface area contributed by atoms with Crippen molar-refractivity contribution in [2.24, 2.45) is 0 Å². The SMILES string of the molecule is CC(Sc1nnc2sc3ccccc3n12)C(=O)NC(C)c1ccc(Cl)cc1Cl. The Balaban J connectivity index is 1.51. The molecule has 2 aromatic heterocycles. The summed E-state index contributed by atoms with van der Waals surface area (Å²) in [5.74, 6) is -0.0974. The van der Waals surface area contributed by atoms with E-state index in [4.69, 9.17) is 23.2 Å². The zero-order valence-electron chi connectivity index (χ0n) is 15.0. The molecular weight excluding hydrogens is 435 g/mol. The maximum Gasteiger partial charge on any atom is 0.233 e. The number of amides is 1. The van der Waals surface area contributed by atoms with Crippen LogP contribution in [0.5, 0.6) is 0 Å². The lowest BCUT2D eigenvalue weighted by atomic mass is 10.1. The first-order chi connectivity index (χ1) is 13.4. The van der Waals surface area contributed by atoms with Gasteiger partial charge in [0.05, 0.1) is 21.5 Å². The Kier molecular flexibility index (Phi) is 5.51. The van der Waals surface area contributed by atoms with E-state index in [9.17, 15) is 4.79 Å². The fourth-order valence-electron chi connectivity index (χ4n) is 2.90. The van der Waals surface area contributed by atoms with Crippen molar-refractivity contribution in [2.75, 3.05) is 0 Å². The van der Waals surface area contributed by atoms with E-state index in [1.165, 1.54) is 11.8 Å². The van der Waals surface area contributed by atoms with Gasteiger partial charge in [0.15, 0.2) is 5.16 Å². The van der Waals surface area contributed by atoms with Gasteiger partial charge in [-0.15, -0.1) is 10.2 Å². The number of nitrogens with one attached hydrogen (secondary N) is 1. The van der Waals surface area contributed by atoms with E-state index in [1.54, 1.807) is 23.5 Å². The number of rotatable bonds is 5. The van der Waals surface area contributed by atoms with Gasteiger partial charge in [-0.2, -0.15) is 0 Å². The second kappa shape index (κ2) is 7.91. The lowest BCUT2D eigenvalue weighted by Gasteiger charge is -2.18. The van der Waals surface area contributed by atoms with Crippen LogP contribution in [0.4, 0.5) is 0 Å². The normalized spacial score (nSPS) is 13.7. The van der Waals surface area contributed by atoms with E-state index >= 15 is 0 Å². The molecule has 0 spiro atoms. The first kappa shape index (κ1) is 19.5. The number of hydrogen-bond donors (Lipinski definition) is 1. The molecule has 0 fully saturated rings. The molecule has 0 aliphatic rings. The van der Waals surface area contributed by atoms with Crippen molar-refractivity contribution in [3.05, 3.63) is 58.1 Å². The van der Waals surface area contributed by atoms with Crippen LogP contribution in [-0.4, -0.2) is 25.8 Å². The summed E-state index contributed by atoms with van der Waals surface area (Å²) in [6.07, 6.45) is 0. The lowest BCUT2D eigenvalue weighted by molar-refractivity contribution is -0.120. The van der Waals surface area contributed by atoms with Gasteiger partial charge in [-0.25, -0.2) is 0 Å². The van der Waals surface area contributed by atoms with Gasteiger partial charge in [-0.1, -0.05) is 64.5 Å². The van der Waals surface area contributed by atoms with Gasteiger partial charge in [-0.05, 0) is 43.7 Å². The van der Waals surface area contributed by atoms with E-state index in [2.05, 4.69) is 21.6 Å². The van der Waals surface area contributed by atoms with Crippen molar-refractivity contribution in [3.63, 3.8) is 0 Å². The van der Waals surface area contributed by atoms with Gasteiger partial charge >= 0.3 is 0 Å². The molecule has 0 aliphatic carbocycles. The number of thiazole rings is 1. The zero-order valence-corrected chi connectivity index (χ0v) is 18.2. The third-order valence-corrected chi connectivity index (χ3v) is 6.97. The summed E-state index contributed by atoms with van der Waals surface area (Å²) in [6, 6.07) is 13.1. The number of carbonyl (C=O) groups is 1. The van der Waals surface area contributed by atoms with Crippen molar-refractivity contribution in [1.82, 2.24) is 19.9 Å². The molecular formula is C19H16Cl2N4OS2. The van der Waals surface area contributed by atoms with Crippen LogP contribution in [0, 0.1) is 0 Å². The van der Waals surface area contributed by atoms with Crippen molar-refractivity contribution < 1.29 is 4.79 Å². The summed E-state index contributed by atoms with van der Waals surface area (Å²) in [6.45, 7) is 3.75. The second-order valence-electron chi connectivity index (χ2n) is 6.33. The molecule has 9 heteroatoms. The van der Waals surface area contributed by atoms with Crippen LogP contribution in [0.1, 0.15) is 25.5 Å². The molecule has 0 bridgehead atoms. The number of nitrogens with zero attached hydrogens (tertiary/aromatic N) is 3. The summed E-state index contributed by atoms with van der Waals surface area (Å²) in [7, 11) is 0. The summed E-state index contributed by atoms with van der Waals surface area (Å²) >= 11 is 15.2. The van der Waals surface area contributed by atoms with Crippen LogP contribution < -0.4 is 5.32 Å². The molecule has 5 nitrogen and oxygen atoms in total. The quantitative estimate of drug-likeness (QED) is 0.401. The first-order valence-electron chi connectivity index (χ1n) is 8.58. The number of hydrogen-bond acceptors (Lipinski definition) is 5. The van der Waals surface area contributed by atoms with Crippen LogP contribution in [0.3, 0.4) is 0 Å². The number of thioether (sulfide) groups is 1. The molecule has 2 aromatic carbocycles. The molecule has 1 amide bonds. The number of para-hydroxylation sites is 1.